The highest BCUT2D eigenvalue weighted by atomic mass is 16.4. The fourth-order valence-corrected chi connectivity index (χ4v) is 2.29. The molecule has 0 aliphatic carbocycles. The summed E-state index contributed by atoms with van der Waals surface area (Å²) in [7, 11) is 0. The van der Waals surface area contributed by atoms with Gasteiger partial charge >= 0.3 is 5.97 Å². The minimum absolute atomic E-state index is 0.0978. The van der Waals surface area contributed by atoms with Crippen molar-refractivity contribution in [2.24, 2.45) is 17.1 Å². The van der Waals surface area contributed by atoms with Gasteiger partial charge in [0.1, 0.15) is 0 Å². The van der Waals surface area contributed by atoms with Gasteiger partial charge in [0.05, 0.1) is 5.41 Å². The van der Waals surface area contributed by atoms with Crippen LogP contribution in [0.15, 0.2) is 0 Å². The van der Waals surface area contributed by atoms with Crippen LogP contribution in [0.5, 0.6) is 0 Å². The summed E-state index contributed by atoms with van der Waals surface area (Å²) in [4.78, 5) is 11.4. The summed E-state index contributed by atoms with van der Waals surface area (Å²) in [6, 6.07) is 0. The van der Waals surface area contributed by atoms with E-state index in [1.165, 1.54) is 25.7 Å². The van der Waals surface area contributed by atoms with Crippen molar-refractivity contribution in [3.63, 3.8) is 0 Å². The number of aliphatic carboxylic acids is 1. The van der Waals surface area contributed by atoms with Gasteiger partial charge in [-0.2, -0.15) is 0 Å². The lowest BCUT2D eigenvalue weighted by Gasteiger charge is -2.32. The highest BCUT2D eigenvalue weighted by Crippen LogP contribution is 2.33. The maximum absolute atomic E-state index is 11.4. The van der Waals surface area contributed by atoms with Gasteiger partial charge in [0, 0.05) is 6.54 Å². The Morgan fingerprint density at radius 2 is 1.71 bits per heavy atom. The van der Waals surface area contributed by atoms with E-state index in [9.17, 15) is 9.90 Å². The summed E-state index contributed by atoms with van der Waals surface area (Å²) in [5.74, 6) is -0.635. The van der Waals surface area contributed by atoms with Crippen molar-refractivity contribution < 1.29 is 9.90 Å². The predicted octanol–water partition coefficient (Wildman–Crippen LogP) is 3.42. The van der Waals surface area contributed by atoms with E-state index < -0.39 is 11.4 Å². The average Bonchev–Trinajstić information content (AvgIpc) is 2.27. The monoisotopic (exact) mass is 243 g/mol. The van der Waals surface area contributed by atoms with Crippen molar-refractivity contribution in [1.82, 2.24) is 0 Å². The van der Waals surface area contributed by atoms with Crippen LogP contribution in [0.3, 0.4) is 0 Å². The van der Waals surface area contributed by atoms with E-state index in [1.807, 2.05) is 13.8 Å². The van der Waals surface area contributed by atoms with E-state index >= 15 is 0 Å². The number of carboxylic acid groups (broad SMARTS) is 1. The molecule has 0 saturated heterocycles. The van der Waals surface area contributed by atoms with E-state index in [4.69, 9.17) is 5.73 Å². The molecule has 0 saturated carbocycles. The lowest BCUT2D eigenvalue weighted by Crippen LogP contribution is -2.43. The van der Waals surface area contributed by atoms with Crippen molar-refractivity contribution in [2.45, 2.75) is 65.7 Å². The Labute approximate surface area is 106 Å². The molecular formula is C14H29NO2. The summed E-state index contributed by atoms with van der Waals surface area (Å²) in [5, 5.41) is 9.35. The van der Waals surface area contributed by atoms with E-state index in [2.05, 4.69) is 6.92 Å². The van der Waals surface area contributed by atoms with E-state index in [-0.39, 0.29) is 12.5 Å². The van der Waals surface area contributed by atoms with Gasteiger partial charge in [-0.3, -0.25) is 4.79 Å². The van der Waals surface area contributed by atoms with Gasteiger partial charge in [-0.1, -0.05) is 59.3 Å². The first-order valence-electron chi connectivity index (χ1n) is 6.94. The molecule has 0 rings (SSSR count). The average molecular weight is 243 g/mol. The summed E-state index contributed by atoms with van der Waals surface area (Å²) in [5.41, 5.74) is 4.97. The predicted molar refractivity (Wildman–Crippen MR) is 72.0 cm³/mol. The number of unbranched alkanes of at least 4 members (excludes halogenated alkanes) is 5. The largest absolute Gasteiger partial charge is 0.481 e. The minimum Gasteiger partial charge on any atom is -0.481 e. The van der Waals surface area contributed by atoms with Crippen molar-refractivity contribution >= 4 is 5.97 Å². The Balaban J connectivity index is 4.06. The fourth-order valence-electron chi connectivity index (χ4n) is 2.29. The number of carbonyl (C=O) groups is 1. The number of hydrogen-bond donors (Lipinski definition) is 2. The van der Waals surface area contributed by atoms with Gasteiger partial charge < -0.3 is 10.8 Å². The molecule has 0 aromatic rings. The highest BCUT2D eigenvalue weighted by Gasteiger charge is 2.39. The third-order valence-electron chi connectivity index (χ3n) is 3.87. The fraction of sp³-hybridized carbons (Fsp3) is 0.929. The Kier molecular flexibility index (Phi) is 8.23. The lowest BCUT2D eigenvalue weighted by atomic mass is 9.73. The number of carboxylic acids is 1. The van der Waals surface area contributed by atoms with Crippen LogP contribution in [-0.2, 0) is 4.79 Å². The first-order chi connectivity index (χ1) is 8.01. The molecule has 3 nitrogen and oxygen atoms in total. The standard InChI is InChI=1S/C14H29NO2/c1-4-5-6-7-8-9-10-14(11-15,12(2)3)13(16)17/h12H,4-11,15H2,1-3H3,(H,16,17). The SMILES string of the molecule is CCCCCCCCC(CN)(C(=O)O)C(C)C. The molecule has 17 heavy (non-hydrogen) atoms. The summed E-state index contributed by atoms with van der Waals surface area (Å²) < 4.78 is 0. The second-order valence-corrected chi connectivity index (χ2v) is 5.34. The van der Waals surface area contributed by atoms with Crippen LogP contribution in [0.4, 0.5) is 0 Å². The molecule has 0 radical (unpaired) electrons. The summed E-state index contributed by atoms with van der Waals surface area (Å²) >= 11 is 0. The van der Waals surface area contributed by atoms with Crippen LogP contribution in [-0.4, -0.2) is 17.6 Å². The first kappa shape index (κ1) is 16.4. The Morgan fingerprint density at radius 3 is 2.12 bits per heavy atom. The Bertz CT molecular complexity index is 216. The van der Waals surface area contributed by atoms with Gasteiger partial charge in [-0.15, -0.1) is 0 Å². The van der Waals surface area contributed by atoms with Crippen LogP contribution in [0.25, 0.3) is 0 Å². The van der Waals surface area contributed by atoms with E-state index in [0.29, 0.717) is 6.42 Å². The second kappa shape index (κ2) is 8.51. The smallest absolute Gasteiger partial charge is 0.311 e. The molecule has 102 valence electrons. The van der Waals surface area contributed by atoms with Crippen LogP contribution in [0.1, 0.15) is 65.7 Å². The topological polar surface area (TPSA) is 63.3 Å². The Hall–Kier alpha value is -0.570. The summed E-state index contributed by atoms with van der Waals surface area (Å²) in [6.45, 7) is 6.35. The van der Waals surface area contributed by atoms with Crippen molar-refractivity contribution in [2.75, 3.05) is 6.54 Å². The van der Waals surface area contributed by atoms with Crippen LogP contribution >= 0.6 is 0 Å². The quantitative estimate of drug-likeness (QED) is 0.578. The summed E-state index contributed by atoms with van der Waals surface area (Å²) in [6.07, 6.45) is 7.82. The molecule has 3 N–H and O–H groups in total. The van der Waals surface area contributed by atoms with Gasteiger partial charge in [0.15, 0.2) is 0 Å². The van der Waals surface area contributed by atoms with Gasteiger partial charge in [0.2, 0.25) is 0 Å². The molecule has 0 aliphatic heterocycles. The maximum Gasteiger partial charge on any atom is 0.311 e. The van der Waals surface area contributed by atoms with Crippen LogP contribution < -0.4 is 5.73 Å². The molecule has 3 heteroatoms. The molecule has 1 unspecified atom stereocenters. The number of rotatable bonds is 10. The number of hydrogen-bond acceptors (Lipinski definition) is 2. The zero-order chi connectivity index (χ0) is 13.3. The lowest BCUT2D eigenvalue weighted by molar-refractivity contribution is -0.151. The normalized spacial score (nSPS) is 14.9. The van der Waals surface area contributed by atoms with Gasteiger partial charge in [-0.25, -0.2) is 0 Å². The molecular weight excluding hydrogens is 214 g/mol. The third kappa shape index (κ3) is 5.07. The van der Waals surface area contributed by atoms with Crippen LogP contribution in [0.2, 0.25) is 0 Å². The van der Waals surface area contributed by atoms with E-state index in [1.54, 1.807) is 0 Å². The molecule has 0 spiro atoms. The zero-order valence-corrected chi connectivity index (χ0v) is 11.7. The van der Waals surface area contributed by atoms with E-state index in [0.717, 1.165) is 12.8 Å². The molecule has 0 heterocycles. The van der Waals surface area contributed by atoms with Gasteiger partial charge in [-0.05, 0) is 12.3 Å². The molecule has 0 aliphatic rings. The van der Waals surface area contributed by atoms with Gasteiger partial charge in [0.25, 0.3) is 0 Å². The molecule has 0 fully saturated rings. The maximum atomic E-state index is 11.4. The van der Waals surface area contributed by atoms with Crippen molar-refractivity contribution in [1.29, 1.82) is 0 Å². The minimum atomic E-state index is -0.733. The number of nitrogens with two attached hydrogens (primary N) is 1. The molecule has 0 bridgehead atoms. The Morgan fingerprint density at radius 1 is 1.18 bits per heavy atom. The van der Waals surface area contributed by atoms with Crippen molar-refractivity contribution in [3.8, 4) is 0 Å². The molecule has 0 amide bonds. The third-order valence-corrected chi connectivity index (χ3v) is 3.87. The van der Waals surface area contributed by atoms with Crippen molar-refractivity contribution in [3.05, 3.63) is 0 Å². The molecule has 1 atom stereocenters. The first-order valence-corrected chi connectivity index (χ1v) is 6.94. The second-order valence-electron chi connectivity index (χ2n) is 5.34. The molecule has 0 aromatic carbocycles. The molecule has 0 aromatic heterocycles. The zero-order valence-electron chi connectivity index (χ0n) is 11.7. The highest BCUT2D eigenvalue weighted by molar-refractivity contribution is 5.75. The van der Waals surface area contributed by atoms with Crippen LogP contribution in [0, 0.1) is 11.3 Å².